The Hall–Kier alpha value is -0.120. The zero-order valence-corrected chi connectivity index (χ0v) is 10.5. The number of nitrogens with zero attached hydrogens (tertiary/aromatic N) is 1. The van der Waals surface area contributed by atoms with Crippen molar-refractivity contribution in [2.75, 3.05) is 33.9 Å². The van der Waals surface area contributed by atoms with Crippen LogP contribution in [0, 0.1) is 0 Å². The largest absolute Gasteiger partial charge is 0.383 e. The Kier molecular flexibility index (Phi) is 6.22. The van der Waals surface area contributed by atoms with Crippen molar-refractivity contribution < 1.29 is 4.74 Å². The van der Waals surface area contributed by atoms with Gasteiger partial charge in [-0.2, -0.15) is 0 Å². The van der Waals surface area contributed by atoms with Crippen LogP contribution in [0.4, 0.5) is 0 Å². The zero-order chi connectivity index (χ0) is 11.1. The van der Waals surface area contributed by atoms with Crippen LogP contribution >= 0.6 is 0 Å². The first-order chi connectivity index (χ1) is 7.27. The molecular formula is C12H26N2O. The number of methoxy groups -OCH3 is 1. The Labute approximate surface area is 94.2 Å². The van der Waals surface area contributed by atoms with Crippen LogP contribution in [0.3, 0.4) is 0 Å². The van der Waals surface area contributed by atoms with Gasteiger partial charge in [-0.15, -0.1) is 0 Å². The van der Waals surface area contributed by atoms with E-state index in [1.54, 1.807) is 7.11 Å². The van der Waals surface area contributed by atoms with E-state index in [0.717, 1.165) is 25.7 Å². The van der Waals surface area contributed by atoms with Crippen LogP contribution in [0.25, 0.3) is 0 Å². The van der Waals surface area contributed by atoms with Crippen molar-refractivity contribution in [1.82, 2.24) is 10.2 Å². The van der Waals surface area contributed by atoms with Crippen LogP contribution in [0.1, 0.15) is 32.6 Å². The maximum Gasteiger partial charge on any atom is 0.0628 e. The van der Waals surface area contributed by atoms with E-state index in [2.05, 4.69) is 24.2 Å². The topological polar surface area (TPSA) is 24.5 Å². The van der Waals surface area contributed by atoms with E-state index in [4.69, 9.17) is 4.74 Å². The fourth-order valence-electron chi connectivity index (χ4n) is 2.05. The molecule has 1 aliphatic rings. The molecule has 1 aliphatic carbocycles. The molecule has 3 nitrogen and oxygen atoms in total. The van der Waals surface area contributed by atoms with Crippen molar-refractivity contribution >= 4 is 0 Å². The molecule has 1 rings (SSSR count). The van der Waals surface area contributed by atoms with Crippen LogP contribution < -0.4 is 5.32 Å². The Bertz CT molecular complexity index is 160. The molecule has 0 radical (unpaired) electrons. The monoisotopic (exact) mass is 214 g/mol. The molecule has 0 aromatic rings. The summed E-state index contributed by atoms with van der Waals surface area (Å²) in [6, 6.07) is 1.31. The van der Waals surface area contributed by atoms with Gasteiger partial charge in [-0.1, -0.05) is 13.3 Å². The van der Waals surface area contributed by atoms with Gasteiger partial charge in [0.2, 0.25) is 0 Å². The minimum Gasteiger partial charge on any atom is -0.383 e. The standard InChI is InChI=1S/C12H26N2O/c1-4-8-13-11(10-15-3)9-14(2)12-6-5-7-12/h11-13H,4-10H2,1-3H3. The highest BCUT2D eigenvalue weighted by Gasteiger charge is 2.23. The lowest BCUT2D eigenvalue weighted by Gasteiger charge is -2.36. The van der Waals surface area contributed by atoms with Crippen molar-refractivity contribution in [1.29, 1.82) is 0 Å². The van der Waals surface area contributed by atoms with Crippen molar-refractivity contribution in [3.05, 3.63) is 0 Å². The maximum absolute atomic E-state index is 5.24. The maximum atomic E-state index is 5.24. The first kappa shape index (κ1) is 12.9. The van der Waals surface area contributed by atoms with Gasteiger partial charge >= 0.3 is 0 Å². The Balaban J connectivity index is 2.21. The molecule has 0 amide bonds. The van der Waals surface area contributed by atoms with E-state index in [-0.39, 0.29) is 0 Å². The van der Waals surface area contributed by atoms with Gasteiger partial charge in [0, 0.05) is 25.7 Å². The second-order valence-corrected chi connectivity index (χ2v) is 4.63. The van der Waals surface area contributed by atoms with Crippen LogP contribution in [0.2, 0.25) is 0 Å². The highest BCUT2D eigenvalue weighted by molar-refractivity contribution is 4.81. The quantitative estimate of drug-likeness (QED) is 0.662. The molecule has 1 saturated carbocycles. The Morgan fingerprint density at radius 2 is 2.20 bits per heavy atom. The van der Waals surface area contributed by atoms with E-state index < -0.39 is 0 Å². The van der Waals surface area contributed by atoms with Gasteiger partial charge in [-0.05, 0) is 32.9 Å². The van der Waals surface area contributed by atoms with Gasteiger partial charge < -0.3 is 15.0 Å². The number of hydrogen-bond donors (Lipinski definition) is 1. The molecule has 1 fully saturated rings. The number of rotatable bonds is 8. The lowest BCUT2D eigenvalue weighted by molar-refractivity contribution is 0.107. The van der Waals surface area contributed by atoms with Crippen molar-refractivity contribution in [3.8, 4) is 0 Å². The van der Waals surface area contributed by atoms with E-state index >= 15 is 0 Å². The van der Waals surface area contributed by atoms with E-state index in [9.17, 15) is 0 Å². The Morgan fingerprint density at radius 3 is 2.67 bits per heavy atom. The summed E-state index contributed by atoms with van der Waals surface area (Å²) in [6.07, 6.45) is 5.35. The van der Waals surface area contributed by atoms with Gasteiger partial charge in [0.05, 0.1) is 6.61 Å². The minimum absolute atomic E-state index is 0.487. The molecule has 90 valence electrons. The summed E-state index contributed by atoms with van der Waals surface area (Å²) >= 11 is 0. The molecule has 15 heavy (non-hydrogen) atoms. The van der Waals surface area contributed by atoms with Crippen LogP contribution in [-0.4, -0.2) is 50.8 Å². The summed E-state index contributed by atoms with van der Waals surface area (Å²) in [4.78, 5) is 2.48. The van der Waals surface area contributed by atoms with E-state index in [1.807, 2.05) is 0 Å². The normalized spacial score (nSPS) is 19.2. The Morgan fingerprint density at radius 1 is 1.47 bits per heavy atom. The third-order valence-electron chi connectivity index (χ3n) is 3.26. The lowest BCUT2D eigenvalue weighted by Crippen LogP contribution is -2.47. The molecule has 0 bridgehead atoms. The molecule has 0 aromatic carbocycles. The van der Waals surface area contributed by atoms with E-state index in [1.165, 1.54) is 25.7 Å². The second kappa shape index (κ2) is 7.20. The average molecular weight is 214 g/mol. The molecule has 0 saturated heterocycles. The summed E-state index contributed by atoms with van der Waals surface area (Å²) in [7, 11) is 4.02. The third kappa shape index (κ3) is 4.49. The molecule has 1 N–H and O–H groups in total. The van der Waals surface area contributed by atoms with Crippen molar-refractivity contribution in [2.45, 2.75) is 44.7 Å². The molecule has 1 unspecified atom stereocenters. The average Bonchev–Trinajstić information content (AvgIpc) is 2.11. The second-order valence-electron chi connectivity index (χ2n) is 4.63. The smallest absolute Gasteiger partial charge is 0.0628 e. The molecule has 0 aliphatic heterocycles. The number of nitrogens with one attached hydrogen (secondary N) is 1. The van der Waals surface area contributed by atoms with Crippen LogP contribution in [0.15, 0.2) is 0 Å². The molecule has 1 atom stereocenters. The summed E-state index contributed by atoms with van der Waals surface area (Å²) < 4.78 is 5.24. The molecule has 3 heteroatoms. The fourth-order valence-corrected chi connectivity index (χ4v) is 2.05. The molecular weight excluding hydrogens is 188 g/mol. The summed E-state index contributed by atoms with van der Waals surface area (Å²) in [6.45, 7) is 5.22. The van der Waals surface area contributed by atoms with Gasteiger partial charge in [-0.3, -0.25) is 0 Å². The number of likely N-dealkylation sites (N-methyl/N-ethyl adjacent to an activating group) is 1. The summed E-state index contributed by atoms with van der Waals surface area (Å²) in [5.41, 5.74) is 0. The first-order valence-electron chi connectivity index (χ1n) is 6.20. The lowest BCUT2D eigenvalue weighted by atomic mass is 9.91. The number of ether oxygens (including phenoxy) is 1. The molecule has 0 aromatic heterocycles. The van der Waals surface area contributed by atoms with Gasteiger partial charge in [0.25, 0.3) is 0 Å². The molecule has 0 heterocycles. The molecule has 0 spiro atoms. The minimum atomic E-state index is 0.487. The summed E-state index contributed by atoms with van der Waals surface area (Å²) in [5.74, 6) is 0. The van der Waals surface area contributed by atoms with Crippen LogP contribution in [0.5, 0.6) is 0 Å². The number of hydrogen-bond acceptors (Lipinski definition) is 3. The van der Waals surface area contributed by atoms with Crippen molar-refractivity contribution in [2.24, 2.45) is 0 Å². The van der Waals surface area contributed by atoms with E-state index in [0.29, 0.717) is 6.04 Å². The van der Waals surface area contributed by atoms with Crippen LogP contribution in [-0.2, 0) is 4.74 Å². The summed E-state index contributed by atoms with van der Waals surface area (Å²) in [5, 5.41) is 3.54. The van der Waals surface area contributed by atoms with Gasteiger partial charge in [0.15, 0.2) is 0 Å². The SMILES string of the molecule is CCCNC(COC)CN(C)C1CCC1. The predicted octanol–water partition coefficient (Wildman–Crippen LogP) is 1.49. The van der Waals surface area contributed by atoms with Gasteiger partial charge in [0.1, 0.15) is 0 Å². The third-order valence-corrected chi connectivity index (χ3v) is 3.26. The highest BCUT2D eigenvalue weighted by atomic mass is 16.5. The fraction of sp³-hybridized carbons (Fsp3) is 1.00. The van der Waals surface area contributed by atoms with Gasteiger partial charge in [-0.25, -0.2) is 0 Å². The first-order valence-corrected chi connectivity index (χ1v) is 6.20. The highest BCUT2D eigenvalue weighted by Crippen LogP contribution is 2.23. The van der Waals surface area contributed by atoms with Crippen molar-refractivity contribution in [3.63, 3.8) is 0 Å². The zero-order valence-electron chi connectivity index (χ0n) is 10.5. The predicted molar refractivity (Wildman–Crippen MR) is 64.2 cm³/mol.